The molecule has 1 amide bonds. The number of aryl methyl sites for hydroxylation is 1. The van der Waals surface area contributed by atoms with Crippen molar-refractivity contribution in [2.75, 3.05) is 5.32 Å². The maximum Gasteiger partial charge on any atom is 0.301 e. The van der Waals surface area contributed by atoms with Gasteiger partial charge in [0.15, 0.2) is 0 Å². The van der Waals surface area contributed by atoms with Gasteiger partial charge in [0.1, 0.15) is 5.82 Å². The van der Waals surface area contributed by atoms with Crippen molar-refractivity contribution in [1.29, 1.82) is 0 Å². The van der Waals surface area contributed by atoms with Crippen molar-refractivity contribution in [1.82, 2.24) is 9.97 Å². The van der Waals surface area contributed by atoms with Crippen molar-refractivity contribution in [3.63, 3.8) is 0 Å². The fourth-order valence-corrected chi connectivity index (χ4v) is 2.22. The molecule has 0 aliphatic rings. The van der Waals surface area contributed by atoms with Crippen molar-refractivity contribution in [3.05, 3.63) is 47.8 Å². The Balaban J connectivity index is 2.25. The summed E-state index contributed by atoms with van der Waals surface area (Å²) in [6, 6.07) is 7.58. The zero-order valence-electron chi connectivity index (χ0n) is 15.0. The number of amides is 1. The second-order valence-corrected chi connectivity index (χ2v) is 5.61. The van der Waals surface area contributed by atoms with E-state index in [1.54, 1.807) is 12.3 Å². The van der Waals surface area contributed by atoms with E-state index in [0.717, 1.165) is 35.4 Å². The van der Waals surface area contributed by atoms with Gasteiger partial charge in [-0.1, -0.05) is 44.4 Å². The van der Waals surface area contributed by atoms with Crippen molar-refractivity contribution in [2.45, 2.75) is 40.0 Å². The zero-order chi connectivity index (χ0) is 18.1. The van der Waals surface area contributed by atoms with Gasteiger partial charge in [-0.2, -0.15) is 0 Å². The summed E-state index contributed by atoms with van der Waals surface area (Å²) in [5.74, 6) is 5.40. The topological polar surface area (TPSA) is 54.9 Å². The van der Waals surface area contributed by atoms with Crippen LogP contribution in [-0.4, -0.2) is 15.9 Å². The minimum absolute atomic E-state index is 0.350. The molecule has 2 heterocycles. The van der Waals surface area contributed by atoms with Crippen LogP contribution in [0.25, 0.3) is 17.3 Å². The maximum absolute atomic E-state index is 11.7. The van der Waals surface area contributed by atoms with E-state index in [9.17, 15) is 4.79 Å². The molecule has 0 saturated carbocycles. The Morgan fingerprint density at radius 1 is 1.32 bits per heavy atom. The number of anilines is 1. The van der Waals surface area contributed by atoms with Gasteiger partial charge < -0.3 is 0 Å². The first-order valence-corrected chi connectivity index (χ1v) is 8.54. The number of nitrogens with zero attached hydrogens (tertiary/aromatic N) is 2. The molecule has 4 nitrogen and oxygen atoms in total. The number of aromatic nitrogens is 2. The lowest BCUT2D eigenvalue weighted by atomic mass is 10.1. The van der Waals surface area contributed by atoms with E-state index in [-0.39, 0.29) is 5.91 Å². The Morgan fingerprint density at radius 2 is 2.16 bits per heavy atom. The third-order valence-corrected chi connectivity index (χ3v) is 3.54. The molecule has 25 heavy (non-hydrogen) atoms. The van der Waals surface area contributed by atoms with Crippen molar-refractivity contribution >= 4 is 17.8 Å². The van der Waals surface area contributed by atoms with Crippen LogP contribution >= 0.6 is 0 Å². The van der Waals surface area contributed by atoms with E-state index < -0.39 is 0 Å². The molecule has 1 N–H and O–H groups in total. The second kappa shape index (κ2) is 9.39. The molecule has 0 aliphatic carbocycles. The largest absolute Gasteiger partial charge is 0.301 e. The Morgan fingerprint density at radius 3 is 2.92 bits per heavy atom. The molecule has 2 aromatic heterocycles. The van der Waals surface area contributed by atoms with Crippen LogP contribution in [0, 0.1) is 18.8 Å². The summed E-state index contributed by atoms with van der Waals surface area (Å²) in [5, 5.41) is 2.70. The first-order valence-electron chi connectivity index (χ1n) is 8.54. The van der Waals surface area contributed by atoms with Crippen LogP contribution < -0.4 is 5.32 Å². The molecule has 0 aromatic carbocycles. The molecule has 0 spiro atoms. The normalized spacial score (nSPS) is 10.4. The Hall–Kier alpha value is -2.93. The number of pyridine rings is 2. The fraction of sp³-hybridized carbons (Fsp3) is 0.286. The molecule has 2 rings (SSSR count). The molecule has 0 bridgehead atoms. The number of allylic oxidation sites excluding steroid dienone is 1. The van der Waals surface area contributed by atoms with E-state index in [2.05, 4.69) is 52.3 Å². The van der Waals surface area contributed by atoms with Crippen LogP contribution in [-0.2, 0) is 4.79 Å². The molecule has 0 fully saturated rings. The SMILES string of the molecule is CCC#CC(=O)Nc1cccc(-c2cnc(C)c(/C=C\CCC)c2)n1. The smallest absolute Gasteiger partial charge is 0.300 e. The lowest BCUT2D eigenvalue weighted by Crippen LogP contribution is -2.10. The first-order chi connectivity index (χ1) is 12.1. The van der Waals surface area contributed by atoms with Gasteiger partial charge in [0.2, 0.25) is 0 Å². The highest BCUT2D eigenvalue weighted by Gasteiger charge is 2.06. The summed E-state index contributed by atoms with van der Waals surface area (Å²) < 4.78 is 0. The standard InChI is InChI=1S/C21H23N3O/c1-4-6-8-10-17-14-18(15-22-16(17)3)19-11-9-12-20(23-19)24-21(25)13-7-5-2/h8-12,14-15H,4-6H2,1-3H3,(H,23,24,25)/b10-8-. The summed E-state index contributed by atoms with van der Waals surface area (Å²) in [5.41, 5.74) is 3.74. The van der Waals surface area contributed by atoms with Crippen LogP contribution in [0.1, 0.15) is 44.4 Å². The van der Waals surface area contributed by atoms with Gasteiger partial charge in [0.25, 0.3) is 0 Å². The number of rotatable bonds is 5. The molecule has 0 unspecified atom stereocenters. The van der Waals surface area contributed by atoms with Crippen LogP contribution in [0.5, 0.6) is 0 Å². The number of hydrogen-bond acceptors (Lipinski definition) is 3. The highest BCUT2D eigenvalue weighted by molar-refractivity contribution is 6.03. The molecule has 0 radical (unpaired) electrons. The van der Waals surface area contributed by atoms with E-state index in [0.29, 0.717) is 12.2 Å². The van der Waals surface area contributed by atoms with Gasteiger partial charge >= 0.3 is 5.91 Å². The fourth-order valence-electron chi connectivity index (χ4n) is 2.22. The third kappa shape index (κ3) is 5.58. The van der Waals surface area contributed by atoms with Crippen molar-refractivity contribution in [3.8, 4) is 23.1 Å². The van der Waals surface area contributed by atoms with Gasteiger partial charge in [0, 0.05) is 23.9 Å². The molecule has 2 aromatic rings. The molecular formula is C21H23N3O. The average Bonchev–Trinajstić information content (AvgIpc) is 2.62. The summed E-state index contributed by atoms with van der Waals surface area (Å²) in [6.07, 6.45) is 8.86. The summed E-state index contributed by atoms with van der Waals surface area (Å²) in [6.45, 7) is 6.04. The van der Waals surface area contributed by atoms with Gasteiger partial charge in [0.05, 0.1) is 5.69 Å². The Labute approximate surface area is 149 Å². The average molecular weight is 333 g/mol. The summed E-state index contributed by atoms with van der Waals surface area (Å²) >= 11 is 0. The predicted molar refractivity (Wildman–Crippen MR) is 103 cm³/mol. The van der Waals surface area contributed by atoms with Crippen LogP contribution in [0.2, 0.25) is 0 Å². The minimum Gasteiger partial charge on any atom is -0.300 e. The Bertz CT molecular complexity index is 829. The van der Waals surface area contributed by atoms with E-state index in [1.165, 1.54) is 0 Å². The highest BCUT2D eigenvalue weighted by Crippen LogP contribution is 2.21. The summed E-state index contributed by atoms with van der Waals surface area (Å²) in [4.78, 5) is 20.7. The molecule has 0 aliphatic heterocycles. The molecule has 4 heteroatoms. The number of hydrogen-bond donors (Lipinski definition) is 1. The molecule has 0 saturated heterocycles. The lowest BCUT2D eigenvalue weighted by molar-refractivity contribution is -0.111. The number of carbonyl (C=O) groups excluding carboxylic acids is 1. The second-order valence-electron chi connectivity index (χ2n) is 5.61. The van der Waals surface area contributed by atoms with Crippen molar-refractivity contribution in [2.24, 2.45) is 0 Å². The van der Waals surface area contributed by atoms with E-state index >= 15 is 0 Å². The predicted octanol–water partition coefficient (Wildman–Crippen LogP) is 4.62. The number of carbonyl (C=O) groups is 1. The molecule has 0 atom stereocenters. The van der Waals surface area contributed by atoms with Crippen LogP contribution in [0.4, 0.5) is 5.82 Å². The van der Waals surface area contributed by atoms with Gasteiger partial charge in [-0.25, -0.2) is 4.98 Å². The summed E-state index contributed by atoms with van der Waals surface area (Å²) in [7, 11) is 0. The highest BCUT2D eigenvalue weighted by atomic mass is 16.1. The number of nitrogens with one attached hydrogen (secondary N) is 1. The van der Waals surface area contributed by atoms with Gasteiger partial charge in [-0.3, -0.25) is 15.1 Å². The molecular weight excluding hydrogens is 310 g/mol. The van der Waals surface area contributed by atoms with Crippen molar-refractivity contribution < 1.29 is 4.79 Å². The monoisotopic (exact) mass is 333 g/mol. The van der Waals surface area contributed by atoms with E-state index in [1.807, 2.05) is 26.0 Å². The first kappa shape index (κ1) is 18.4. The van der Waals surface area contributed by atoms with E-state index in [4.69, 9.17) is 0 Å². The van der Waals surface area contributed by atoms with Crippen LogP contribution in [0.15, 0.2) is 36.5 Å². The minimum atomic E-state index is -0.350. The zero-order valence-corrected chi connectivity index (χ0v) is 15.0. The number of unbranched alkanes of at least 4 members (excludes halogenated alkanes) is 1. The van der Waals surface area contributed by atoms with Gasteiger partial charge in [-0.05, 0) is 43.0 Å². The quantitative estimate of drug-likeness (QED) is 0.813. The maximum atomic E-state index is 11.7. The Kier molecular flexibility index (Phi) is 6.91. The third-order valence-electron chi connectivity index (χ3n) is 3.54. The molecule has 128 valence electrons. The van der Waals surface area contributed by atoms with Crippen LogP contribution in [0.3, 0.4) is 0 Å². The lowest BCUT2D eigenvalue weighted by Gasteiger charge is -2.07. The van der Waals surface area contributed by atoms with Gasteiger partial charge in [-0.15, -0.1) is 0 Å².